The molecule has 1 aromatic rings. The minimum Gasteiger partial charge on any atom is -0.493 e. The predicted molar refractivity (Wildman–Crippen MR) is 118 cm³/mol. The molecule has 9 heteroatoms. The molecule has 2 heterocycles. The van der Waals surface area contributed by atoms with Crippen LogP contribution in [0.25, 0.3) is 0 Å². The van der Waals surface area contributed by atoms with Crippen LogP contribution in [0.3, 0.4) is 0 Å². The molecule has 0 aliphatic carbocycles. The Morgan fingerprint density at radius 3 is 2.55 bits per heavy atom. The van der Waals surface area contributed by atoms with Crippen molar-refractivity contribution in [1.29, 1.82) is 0 Å². The first-order chi connectivity index (χ1) is 15.6. The molecule has 9 nitrogen and oxygen atoms in total. The Kier molecular flexibility index (Phi) is 7.63. The number of hydrogen-bond donors (Lipinski definition) is 1. The van der Waals surface area contributed by atoms with Gasteiger partial charge in [0.05, 0.1) is 23.3 Å². The van der Waals surface area contributed by atoms with Crippen LogP contribution < -0.4 is 10.1 Å². The Hall–Kier alpha value is -3.07. The Balaban J connectivity index is 1.51. The van der Waals surface area contributed by atoms with E-state index in [2.05, 4.69) is 5.32 Å². The van der Waals surface area contributed by atoms with Gasteiger partial charge in [-0.15, -0.1) is 0 Å². The number of rotatable bonds is 10. The zero-order valence-electron chi connectivity index (χ0n) is 19.3. The Bertz CT molecular complexity index is 964. The molecule has 0 bridgehead atoms. The van der Waals surface area contributed by atoms with Gasteiger partial charge in [0.25, 0.3) is 11.8 Å². The topological polar surface area (TPSA) is 119 Å². The molecule has 1 fully saturated rings. The molecule has 0 radical (unpaired) electrons. The highest BCUT2D eigenvalue weighted by Crippen LogP contribution is 2.33. The highest BCUT2D eigenvalue weighted by Gasteiger charge is 2.45. The predicted octanol–water partition coefficient (Wildman–Crippen LogP) is 2.41. The normalized spacial score (nSPS) is 18.4. The number of ketones is 1. The minimum atomic E-state index is -1.01. The lowest BCUT2D eigenvalue weighted by molar-refractivity contribution is -0.136. The quantitative estimate of drug-likeness (QED) is 0.422. The van der Waals surface area contributed by atoms with Gasteiger partial charge in [-0.1, -0.05) is 6.07 Å². The highest BCUT2D eigenvalue weighted by molar-refractivity contribution is 6.24. The zero-order valence-corrected chi connectivity index (χ0v) is 19.3. The number of imide groups is 2. The van der Waals surface area contributed by atoms with Crippen LogP contribution in [0.1, 0.15) is 80.0 Å². The van der Waals surface area contributed by atoms with Crippen molar-refractivity contribution in [3.8, 4) is 5.75 Å². The van der Waals surface area contributed by atoms with Crippen molar-refractivity contribution < 1.29 is 33.4 Å². The first kappa shape index (κ1) is 24.6. The van der Waals surface area contributed by atoms with Gasteiger partial charge in [0.2, 0.25) is 11.8 Å². The van der Waals surface area contributed by atoms with E-state index in [-0.39, 0.29) is 47.7 Å². The number of ether oxygens (including phenoxy) is 2. The second-order valence-corrected chi connectivity index (χ2v) is 9.22. The number of benzene rings is 1. The summed E-state index contributed by atoms with van der Waals surface area (Å²) in [7, 11) is 0. The van der Waals surface area contributed by atoms with E-state index in [0.29, 0.717) is 25.9 Å². The number of unbranched alkanes of at least 4 members (excludes halogenated alkanes) is 2. The number of piperidine rings is 1. The van der Waals surface area contributed by atoms with E-state index in [1.54, 1.807) is 12.1 Å². The standard InChI is InChI=1S/C24H30N2O7/c1-24(2,3)33-14-15(27)8-5-4-6-13-32-18-10-7-9-16-20(18)23(31)26(22(16)30)17-11-12-19(28)25-21(17)29/h7,9-10,17H,4-6,8,11-14H2,1-3H3,(H,25,28,29). The van der Waals surface area contributed by atoms with Gasteiger partial charge in [-0.05, 0) is 58.6 Å². The SMILES string of the molecule is CC(C)(C)OCC(=O)CCCCCOc1cccc2c1C(=O)N(C1CCC(=O)NC1=O)C2=O. The summed E-state index contributed by atoms with van der Waals surface area (Å²) >= 11 is 0. The van der Waals surface area contributed by atoms with Crippen LogP contribution in [-0.4, -0.2) is 59.2 Å². The summed E-state index contributed by atoms with van der Waals surface area (Å²) < 4.78 is 11.3. The highest BCUT2D eigenvalue weighted by atomic mass is 16.5. The molecule has 1 unspecified atom stereocenters. The third kappa shape index (κ3) is 6.04. The molecule has 2 aliphatic rings. The fraction of sp³-hybridized carbons (Fsp3) is 0.542. The van der Waals surface area contributed by atoms with Gasteiger partial charge >= 0.3 is 0 Å². The summed E-state index contributed by atoms with van der Waals surface area (Å²) in [5, 5.41) is 2.18. The third-order valence-electron chi connectivity index (χ3n) is 5.45. The number of nitrogens with one attached hydrogen (secondary N) is 1. The summed E-state index contributed by atoms with van der Waals surface area (Å²) in [6.45, 7) is 6.14. The maximum Gasteiger partial charge on any atom is 0.266 e. The lowest BCUT2D eigenvalue weighted by atomic mass is 10.0. The average Bonchev–Trinajstić information content (AvgIpc) is 3.00. The largest absolute Gasteiger partial charge is 0.493 e. The lowest BCUT2D eigenvalue weighted by Gasteiger charge is -2.27. The van der Waals surface area contributed by atoms with Crippen molar-refractivity contribution in [2.75, 3.05) is 13.2 Å². The first-order valence-corrected chi connectivity index (χ1v) is 11.2. The molecular formula is C24H30N2O7. The van der Waals surface area contributed by atoms with Crippen molar-refractivity contribution >= 4 is 29.4 Å². The number of nitrogens with zero attached hydrogens (tertiary/aromatic N) is 1. The summed E-state index contributed by atoms with van der Waals surface area (Å²) in [5.41, 5.74) is -0.0140. The van der Waals surface area contributed by atoms with Crippen LogP contribution in [0, 0.1) is 0 Å². The fourth-order valence-electron chi connectivity index (χ4n) is 3.76. The fourth-order valence-corrected chi connectivity index (χ4v) is 3.76. The van der Waals surface area contributed by atoms with Crippen molar-refractivity contribution in [3.05, 3.63) is 29.3 Å². The Morgan fingerprint density at radius 1 is 1.09 bits per heavy atom. The maximum absolute atomic E-state index is 13.0. The molecule has 1 N–H and O–H groups in total. The second-order valence-electron chi connectivity index (χ2n) is 9.22. The molecule has 1 atom stereocenters. The number of Topliss-reactive ketones (excluding diaryl/α,β-unsaturated/α-hetero) is 1. The smallest absolute Gasteiger partial charge is 0.266 e. The molecule has 0 aromatic heterocycles. The van der Waals surface area contributed by atoms with Gasteiger partial charge in [-0.25, -0.2) is 0 Å². The van der Waals surface area contributed by atoms with Gasteiger partial charge in [0.15, 0.2) is 5.78 Å². The van der Waals surface area contributed by atoms with Crippen LogP contribution in [0.15, 0.2) is 18.2 Å². The zero-order chi connectivity index (χ0) is 24.2. The first-order valence-electron chi connectivity index (χ1n) is 11.2. The van der Waals surface area contributed by atoms with Crippen molar-refractivity contribution in [2.45, 2.75) is 70.9 Å². The van der Waals surface area contributed by atoms with Crippen LogP contribution in [-0.2, 0) is 19.1 Å². The molecule has 0 saturated carbocycles. The number of hydrogen-bond acceptors (Lipinski definition) is 7. The van der Waals surface area contributed by atoms with Crippen LogP contribution in [0.2, 0.25) is 0 Å². The van der Waals surface area contributed by atoms with E-state index in [0.717, 1.165) is 11.3 Å². The molecule has 33 heavy (non-hydrogen) atoms. The second kappa shape index (κ2) is 10.2. The van der Waals surface area contributed by atoms with Crippen molar-refractivity contribution in [2.24, 2.45) is 0 Å². The number of amides is 4. The van der Waals surface area contributed by atoms with E-state index in [4.69, 9.17) is 9.47 Å². The van der Waals surface area contributed by atoms with Gasteiger partial charge in [-0.2, -0.15) is 0 Å². The van der Waals surface area contributed by atoms with Crippen LogP contribution in [0.5, 0.6) is 5.75 Å². The number of carbonyl (C=O) groups is 5. The Labute approximate surface area is 192 Å². The van der Waals surface area contributed by atoms with Crippen LogP contribution >= 0.6 is 0 Å². The molecule has 3 rings (SSSR count). The lowest BCUT2D eigenvalue weighted by Crippen LogP contribution is -2.54. The van der Waals surface area contributed by atoms with Gasteiger partial charge in [0, 0.05) is 12.8 Å². The van der Waals surface area contributed by atoms with Crippen LogP contribution in [0.4, 0.5) is 0 Å². The number of carbonyl (C=O) groups excluding carboxylic acids is 5. The van der Waals surface area contributed by atoms with Gasteiger partial charge < -0.3 is 9.47 Å². The van der Waals surface area contributed by atoms with E-state index in [1.165, 1.54) is 6.07 Å². The Morgan fingerprint density at radius 2 is 1.85 bits per heavy atom. The summed E-state index contributed by atoms with van der Waals surface area (Å²) in [6.07, 6.45) is 2.76. The molecule has 4 amide bonds. The average molecular weight is 459 g/mol. The molecule has 1 aromatic carbocycles. The molecule has 1 saturated heterocycles. The van der Waals surface area contributed by atoms with Crippen molar-refractivity contribution in [1.82, 2.24) is 10.2 Å². The van der Waals surface area contributed by atoms with E-state index in [1.807, 2.05) is 20.8 Å². The minimum absolute atomic E-state index is 0.0596. The van der Waals surface area contributed by atoms with Crippen molar-refractivity contribution in [3.63, 3.8) is 0 Å². The monoisotopic (exact) mass is 458 g/mol. The maximum atomic E-state index is 13.0. The summed E-state index contributed by atoms with van der Waals surface area (Å²) in [6, 6.07) is 3.76. The van der Waals surface area contributed by atoms with Gasteiger partial charge in [-0.3, -0.25) is 34.2 Å². The van der Waals surface area contributed by atoms with E-state index < -0.39 is 29.7 Å². The molecular weight excluding hydrogens is 428 g/mol. The number of fused-ring (bicyclic) bond motifs is 1. The van der Waals surface area contributed by atoms with E-state index in [9.17, 15) is 24.0 Å². The van der Waals surface area contributed by atoms with E-state index >= 15 is 0 Å². The molecule has 2 aliphatic heterocycles. The van der Waals surface area contributed by atoms with Gasteiger partial charge in [0.1, 0.15) is 18.4 Å². The molecule has 178 valence electrons. The third-order valence-corrected chi connectivity index (χ3v) is 5.45. The molecule has 0 spiro atoms. The summed E-state index contributed by atoms with van der Waals surface area (Å²) in [4.78, 5) is 62.2. The summed E-state index contributed by atoms with van der Waals surface area (Å²) in [5.74, 6) is -1.87.